The van der Waals surface area contributed by atoms with Crippen molar-refractivity contribution in [3.05, 3.63) is 58.9 Å². The molecule has 0 aliphatic carbocycles. The van der Waals surface area contributed by atoms with Gasteiger partial charge in [0.1, 0.15) is 17.3 Å². The van der Waals surface area contributed by atoms with Crippen LogP contribution < -0.4 is 9.47 Å². The molecule has 2 atom stereocenters. The molecule has 0 saturated carbocycles. The molecule has 1 saturated heterocycles. The van der Waals surface area contributed by atoms with Crippen LogP contribution in [0.2, 0.25) is 5.02 Å². The van der Waals surface area contributed by atoms with Crippen molar-refractivity contribution in [1.82, 2.24) is 9.80 Å². The van der Waals surface area contributed by atoms with Gasteiger partial charge in [0.15, 0.2) is 6.61 Å². The van der Waals surface area contributed by atoms with Crippen LogP contribution in [0.15, 0.2) is 42.5 Å². The molecule has 29 heavy (non-hydrogen) atoms. The summed E-state index contributed by atoms with van der Waals surface area (Å²) in [5.41, 5.74) is 1.06. The Balaban J connectivity index is 1.57. The Kier molecular flexibility index (Phi) is 6.98. The van der Waals surface area contributed by atoms with Gasteiger partial charge >= 0.3 is 0 Å². The van der Waals surface area contributed by atoms with E-state index in [0.29, 0.717) is 23.1 Å². The molecular weight excluding hydrogens is 395 g/mol. The van der Waals surface area contributed by atoms with E-state index in [1.54, 1.807) is 37.4 Å². The Bertz CT molecular complexity index is 846. The lowest BCUT2D eigenvalue weighted by Crippen LogP contribution is -2.58. The van der Waals surface area contributed by atoms with E-state index in [0.717, 1.165) is 18.7 Å². The largest absolute Gasteiger partial charge is 0.497 e. The first-order valence-electron chi connectivity index (χ1n) is 9.61. The summed E-state index contributed by atoms with van der Waals surface area (Å²) >= 11 is 6.04. The molecule has 2 aromatic carbocycles. The highest BCUT2D eigenvalue weighted by molar-refractivity contribution is 6.30. The first-order chi connectivity index (χ1) is 13.9. The van der Waals surface area contributed by atoms with Crippen LogP contribution in [-0.4, -0.2) is 54.6 Å². The monoisotopic (exact) mass is 420 g/mol. The van der Waals surface area contributed by atoms with Gasteiger partial charge in [-0.1, -0.05) is 23.7 Å². The number of amides is 1. The maximum atomic E-state index is 13.1. The van der Waals surface area contributed by atoms with Crippen molar-refractivity contribution in [1.29, 1.82) is 0 Å². The molecule has 0 bridgehead atoms. The zero-order chi connectivity index (χ0) is 21.0. The third kappa shape index (κ3) is 5.61. The Labute approximate surface area is 176 Å². The standard InChI is InChI=1S/C22H26ClFN2O3/c1-15-12-26(16(2)11-25(15)13-17-4-6-19(24)7-5-17)22(27)14-29-21-9-18(23)8-20(10-21)28-3/h4-10,15-16H,11-14H2,1-3H3/t15-,16+/m0/s1. The van der Waals surface area contributed by atoms with Gasteiger partial charge in [-0.25, -0.2) is 4.39 Å². The van der Waals surface area contributed by atoms with Crippen molar-refractivity contribution in [2.45, 2.75) is 32.5 Å². The highest BCUT2D eigenvalue weighted by Gasteiger charge is 2.32. The molecule has 1 amide bonds. The van der Waals surface area contributed by atoms with E-state index in [9.17, 15) is 9.18 Å². The molecule has 3 rings (SSSR count). The molecule has 0 N–H and O–H groups in total. The predicted octanol–water partition coefficient (Wildman–Crippen LogP) is 3.99. The number of halogens is 2. The van der Waals surface area contributed by atoms with Crippen molar-refractivity contribution in [2.75, 3.05) is 26.8 Å². The van der Waals surface area contributed by atoms with Gasteiger partial charge in [0.05, 0.1) is 7.11 Å². The summed E-state index contributed by atoms with van der Waals surface area (Å²) in [5.74, 6) is 0.780. The van der Waals surface area contributed by atoms with Crippen LogP contribution in [0, 0.1) is 5.82 Å². The second kappa shape index (κ2) is 9.46. The molecule has 1 aliphatic rings. The Morgan fingerprint density at radius 2 is 1.79 bits per heavy atom. The molecular formula is C22H26ClFN2O3. The van der Waals surface area contributed by atoms with Crippen molar-refractivity contribution in [2.24, 2.45) is 0 Å². The Morgan fingerprint density at radius 3 is 2.48 bits per heavy atom. The number of carbonyl (C=O) groups excluding carboxylic acids is 1. The van der Waals surface area contributed by atoms with Crippen molar-refractivity contribution in [3.63, 3.8) is 0 Å². The van der Waals surface area contributed by atoms with Crippen LogP contribution in [0.1, 0.15) is 19.4 Å². The van der Waals surface area contributed by atoms with Gasteiger partial charge in [-0.05, 0) is 43.7 Å². The van der Waals surface area contributed by atoms with E-state index in [2.05, 4.69) is 11.8 Å². The van der Waals surface area contributed by atoms with Crippen LogP contribution in [0.5, 0.6) is 11.5 Å². The maximum absolute atomic E-state index is 13.1. The molecule has 5 nitrogen and oxygen atoms in total. The first-order valence-corrected chi connectivity index (χ1v) is 9.99. The third-order valence-electron chi connectivity index (χ3n) is 5.18. The van der Waals surface area contributed by atoms with Gasteiger partial charge in [-0.15, -0.1) is 0 Å². The van der Waals surface area contributed by atoms with E-state index >= 15 is 0 Å². The van der Waals surface area contributed by atoms with E-state index in [4.69, 9.17) is 21.1 Å². The highest BCUT2D eigenvalue weighted by Crippen LogP contribution is 2.26. The fraction of sp³-hybridized carbons (Fsp3) is 0.409. The van der Waals surface area contributed by atoms with Gasteiger partial charge < -0.3 is 14.4 Å². The van der Waals surface area contributed by atoms with E-state index in [1.807, 2.05) is 11.8 Å². The van der Waals surface area contributed by atoms with Crippen LogP contribution in [0.3, 0.4) is 0 Å². The van der Waals surface area contributed by atoms with Crippen LogP contribution in [0.4, 0.5) is 4.39 Å². The molecule has 0 aromatic heterocycles. The lowest BCUT2D eigenvalue weighted by molar-refractivity contribution is -0.139. The Hall–Kier alpha value is -2.31. The molecule has 1 heterocycles. The number of methoxy groups -OCH3 is 1. The average molecular weight is 421 g/mol. The minimum Gasteiger partial charge on any atom is -0.497 e. The summed E-state index contributed by atoms with van der Waals surface area (Å²) in [6.07, 6.45) is 0. The smallest absolute Gasteiger partial charge is 0.260 e. The lowest BCUT2D eigenvalue weighted by Gasteiger charge is -2.44. The van der Waals surface area contributed by atoms with E-state index < -0.39 is 0 Å². The normalized spacial score (nSPS) is 19.8. The SMILES string of the molecule is COc1cc(Cl)cc(OCC(=O)N2C[C@H](C)N(Cc3ccc(F)cc3)C[C@H]2C)c1. The molecule has 0 unspecified atom stereocenters. The first kappa shape index (κ1) is 21.4. The van der Waals surface area contributed by atoms with E-state index in [-0.39, 0.29) is 30.4 Å². The molecule has 7 heteroatoms. The number of rotatable bonds is 6. The number of nitrogens with zero attached hydrogens (tertiary/aromatic N) is 2. The van der Waals surface area contributed by atoms with Crippen molar-refractivity contribution >= 4 is 17.5 Å². The number of hydrogen-bond donors (Lipinski definition) is 0. The maximum Gasteiger partial charge on any atom is 0.260 e. The Morgan fingerprint density at radius 1 is 1.10 bits per heavy atom. The molecule has 156 valence electrons. The number of piperazine rings is 1. The fourth-order valence-electron chi connectivity index (χ4n) is 3.56. The molecule has 1 aliphatic heterocycles. The summed E-state index contributed by atoms with van der Waals surface area (Å²) in [6.45, 7) is 6.16. The topological polar surface area (TPSA) is 42.0 Å². The molecule has 0 radical (unpaired) electrons. The van der Waals surface area contributed by atoms with Gasteiger partial charge in [0, 0.05) is 42.8 Å². The second-order valence-corrected chi connectivity index (χ2v) is 7.85. The quantitative estimate of drug-likeness (QED) is 0.708. The summed E-state index contributed by atoms with van der Waals surface area (Å²) in [6, 6.07) is 11.8. The molecule has 2 aromatic rings. The van der Waals surface area contributed by atoms with Crippen LogP contribution >= 0.6 is 11.6 Å². The predicted molar refractivity (Wildman–Crippen MR) is 111 cm³/mol. The summed E-state index contributed by atoms with van der Waals surface area (Å²) in [7, 11) is 1.55. The zero-order valence-corrected chi connectivity index (χ0v) is 17.7. The minimum atomic E-state index is -0.233. The number of ether oxygens (including phenoxy) is 2. The summed E-state index contributed by atoms with van der Waals surface area (Å²) in [5, 5.41) is 0.489. The molecule has 0 spiro atoms. The second-order valence-electron chi connectivity index (χ2n) is 7.42. The number of hydrogen-bond acceptors (Lipinski definition) is 4. The zero-order valence-electron chi connectivity index (χ0n) is 16.9. The van der Waals surface area contributed by atoms with Gasteiger partial charge in [-0.3, -0.25) is 9.69 Å². The summed E-state index contributed by atoms with van der Waals surface area (Å²) in [4.78, 5) is 16.9. The third-order valence-corrected chi connectivity index (χ3v) is 5.40. The van der Waals surface area contributed by atoms with Crippen LogP contribution in [-0.2, 0) is 11.3 Å². The van der Waals surface area contributed by atoms with Crippen molar-refractivity contribution < 1.29 is 18.7 Å². The summed E-state index contributed by atoms with van der Waals surface area (Å²) < 4.78 is 23.9. The highest BCUT2D eigenvalue weighted by atomic mass is 35.5. The molecule has 1 fully saturated rings. The van der Waals surface area contributed by atoms with E-state index in [1.165, 1.54) is 12.1 Å². The number of benzene rings is 2. The van der Waals surface area contributed by atoms with Gasteiger partial charge in [0.25, 0.3) is 5.91 Å². The van der Waals surface area contributed by atoms with Gasteiger partial charge in [0.2, 0.25) is 0 Å². The number of carbonyl (C=O) groups is 1. The van der Waals surface area contributed by atoms with Crippen LogP contribution in [0.25, 0.3) is 0 Å². The lowest BCUT2D eigenvalue weighted by atomic mass is 10.1. The van der Waals surface area contributed by atoms with Crippen molar-refractivity contribution in [3.8, 4) is 11.5 Å². The fourth-order valence-corrected chi connectivity index (χ4v) is 3.77. The van der Waals surface area contributed by atoms with Gasteiger partial charge in [-0.2, -0.15) is 0 Å². The average Bonchev–Trinajstić information content (AvgIpc) is 2.69. The minimum absolute atomic E-state index is 0.0524.